The minimum atomic E-state index is 0.355. The molecule has 2 heterocycles. The maximum Gasteiger partial charge on any atom is 0.230 e. The number of terminal acetylenes is 1. The Kier molecular flexibility index (Phi) is 1.49. The van der Waals surface area contributed by atoms with Gasteiger partial charge in [0, 0.05) is 5.69 Å². The summed E-state index contributed by atoms with van der Waals surface area (Å²) in [5.41, 5.74) is 7.60. The number of nitrogen functional groups attached to an aromatic ring is 1. The van der Waals surface area contributed by atoms with Gasteiger partial charge in [0.05, 0.1) is 11.1 Å². The van der Waals surface area contributed by atoms with Crippen molar-refractivity contribution in [3.8, 4) is 12.3 Å². The number of rotatable bonds is 0. The minimum absolute atomic E-state index is 0.355. The Morgan fingerprint density at radius 2 is 2.31 bits per heavy atom. The summed E-state index contributed by atoms with van der Waals surface area (Å²) >= 11 is 0. The van der Waals surface area contributed by atoms with Crippen molar-refractivity contribution in [2.45, 2.75) is 6.92 Å². The van der Waals surface area contributed by atoms with E-state index < -0.39 is 0 Å². The third kappa shape index (κ3) is 1.04. The van der Waals surface area contributed by atoms with Crippen LogP contribution in [0.25, 0.3) is 11.1 Å². The van der Waals surface area contributed by atoms with Crippen LogP contribution < -0.4 is 5.73 Å². The van der Waals surface area contributed by atoms with Crippen molar-refractivity contribution in [3.05, 3.63) is 23.6 Å². The summed E-state index contributed by atoms with van der Waals surface area (Å²) in [6, 6.07) is 3.73. The summed E-state index contributed by atoms with van der Waals surface area (Å²) < 4.78 is 5.26. The number of hydrogen-bond donors (Lipinski definition) is 1. The fourth-order valence-corrected chi connectivity index (χ4v) is 1.20. The summed E-state index contributed by atoms with van der Waals surface area (Å²) in [4.78, 5) is 4.16. The van der Waals surface area contributed by atoms with Gasteiger partial charge in [-0.05, 0) is 25.0 Å². The molecule has 0 fully saturated rings. The van der Waals surface area contributed by atoms with Gasteiger partial charge in [-0.2, -0.15) is 0 Å². The molecule has 0 unspecified atom stereocenters. The average Bonchev–Trinajstić information content (AvgIpc) is 2.42. The van der Waals surface area contributed by atoms with E-state index in [1.54, 1.807) is 0 Å². The minimum Gasteiger partial charge on any atom is -0.427 e. The monoisotopic (exact) mass is 172 g/mol. The molecule has 0 atom stereocenters. The van der Waals surface area contributed by atoms with Gasteiger partial charge in [0.1, 0.15) is 0 Å². The standard InChI is InChI=1S/C10H8N2O/c1-3-8-9(11)7-5-4-6(2)12-10(7)13-8/h1,4-5H,11H2,2H3. The first-order valence-corrected chi connectivity index (χ1v) is 3.84. The van der Waals surface area contributed by atoms with Crippen LogP contribution in [-0.2, 0) is 0 Å². The molecule has 0 spiro atoms. The molecule has 2 rings (SSSR count). The van der Waals surface area contributed by atoms with Gasteiger partial charge in [-0.1, -0.05) is 0 Å². The first-order valence-electron chi connectivity index (χ1n) is 3.84. The van der Waals surface area contributed by atoms with Crippen LogP contribution in [0.1, 0.15) is 11.5 Å². The lowest BCUT2D eigenvalue weighted by Gasteiger charge is -1.89. The predicted molar refractivity (Wildman–Crippen MR) is 51.1 cm³/mol. The number of anilines is 1. The van der Waals surface area contributed by atoms with Crippen molar-refractivity contribution < 1.29 is 4.42 Å². The van der Waals surface area contributed by atoms with Crippen LogP contribution in [0.5, 0.6) is 0 Å². The van der Waals surface area contributed by atoms with Crippen molar-refractivity contribution in [1.29, 1.82) is 0 Å². The van der Waals surface area contributed by atoms with E-state index in [0.29, 0.717) is 17.2 Å². The molecule has 0 aliphatic rings. The Balaban J connectivity index is 2.86. The Labute approximate surface area is 75.6 Å². The molecule has 0 aliphatic heterocycles. The maximum absolute atomic E-state index is 5.72. The molecule has 2 aromatic rings. The Hall–Kier alpha value is -1.95. The summed E-state index contributed by atoms with van der Waals surface area (Å²) in [6.07, 6.45) is 5.20. The highest BCUT2D eigenvalue weighted by Crippen LogP contribution is 2.25. The van der Waals surface area contributed by atoms with Crippen LogP contribution in [0.15, 0.2) is 16.5 Å². The predicted octanol–water partition coefficient (Wildman–Crippen LogP) is 1.70. The molecule has 0 aromatic carbocycles. The highest BCUT2D eigenvalue weighted by molar-refractivity contribution is 5.90. The first kappa shape index (κ1) is 7.69. The number of aryl methyl sites for hydroxylation is 1. The van der Waals surface area contributed by atoms with E-state index in [0.717, 1.165) is 11.1 Å². The molecule has 64 valence electrons. The molecule has 2 N–H and O–H groups in total. The van der Waals surface area contributed by atoms with E-state index in [2.05, 4.69) is 10.9 Å². The molecular formula is C10H8N2O. The van der Waals surface area contributed by atoms with Gasteiger partial charge in [0.25, 0.3) is 0 Å². The van der Waals surface area contributed by atoms with Crippen molar-refractivity contribution in [2.75, 3.05) is 5.73 Å². The van der Waals surface area contributed by atoms with Gasteiger partial charge in [-0.25, -0.2) is 4.98 Å². The van der Waals surface area contributed by atoms with Gasteiger partial charge < -0.3 is 10.2 Å². The Bertz CT molecular complexity index is 505. The normalized spacial score (nSPS) is 10.2. The molecule has 3 heteroatoms. The Morgan fingerprint density at radius 3 is 3.00 bits per heavy atom. The van der Waals surface area contributed by atoms with E-state index in [1.165, 1.54) is 0 Å². The topological polar surface area (TPSA) is 52.0 Å². The molecule has 13 heavy (non-hydrogen) atoms. The highest BCUT2D eigenvalue weighted by atomic mass is 16.3. The highest BCUT2D eigenvalue weighted by Gasteiger charge is 2.09. The molecule has 0 saturated carbocycles. The largest absolute Gasteiger partial charge is 0.427 e. The second-order valence-electron chi connectivity index (χ2n) is 2.79. The Morgan fingerprint density at radius 1 is 1.54 bits per heavy atom. The summed E-state index contributed by atoms with van der Waals surface area (Å²) in [5.74, 6) is 2.73. The third-order valence-corrected chi connectivity index (χ3v) is 1.86. The van der Waals surface area contributed by atoms with Crippen LogP contribution >= 0.6 is 0 Å². The quantitative estimate of drug-likeness (QED) is 0.615. The van der Waals surface area contributed by atoms with Gasteiger partial charge in [0.2, 0.25) is 11.5 Å². The van der Waals surface area contributed by atoms with E-state index in [1.807, 2.05) is 19.1 Å². The van der Waals surface area contributed by atoms with Gasteiger partial charge >= 0.3 is 0 Å². The molecular weight excluding hydrogens is 164 g/mol. The zero-order chi connectivity index (χ0) is 9.42. The summed E-state index contributed by atoms with van der Waals surface area (Å²) in [6.45, 7) is 1.88. The number of furan rings is 1. The molecule has 0 amide bonds. The lowest BCUT2D eigenvalue weighted by Crippen LogP contribution is -1.85. The van der Waals surface area contributed by atoms with Crippen molar-refractivity contribution in [1.82, 2.24) is 4.98 Å². The van der Waals surface area contributed by atoms with Crippen LogP contribution in [0.4, 0.5) is 5.69 Å². The smallest absolute Gasteiger partial charge is 0.230 e. The van der Waals surface area contributed by atoms with E-state index in [-0.39, 0.29) is 0 Å². The summed E-state index contributed by atoms with van der Waals surface area (Å²) in [5, 5.41) is 0.776. The van der Waals surface area contributed by atoms with Crippen LogP contribution in [-0.4, -0.2) is 4.98 Å². The molecule has 0 aliphatic carbocycles. The first-order chi connectivity index (χ1) is 6.22. The number of fused-ring (bicyclic) bond motifs is 1. The van der Waals surface area contributed by atoms with E-state index in [9.17, 15) is 0 Å². The lowest BCUT2D eigenvalue weighted by molar-refractivity contribution is 0.590. The number of nitrogens with two attached hydrogens (primary N) is 1. The molecule has 2 aromatic heterocycles. The number of pyridine rings is 1. The van der Waals surface area contributed by atoms with Gasteiger partial charge in [-0.15, -0.1) is 6.42 Å². The van der Waals surface area contributed by atoms with Crippen molar-refractivity contribution in [3.63, 3.8) is 0 Å². The number of hydrogen-bond acceptors (Lipinski definition) is 3. The van der Waals surface area contributed by atoms with E-state index in [4.69, 9.17) is 16.6 Å². The summed E-state index contributed by atoms with van der Waals surface area (Å²) in [7, 11) is 0. The maximum atomic E-state index is 5.72. The van der Waals surface area contributed by atoms with Crippen LogP contribution in [0.3, 0.4) is 0 Å². The van der Waals surface area contributed by atoms with Crippen LogP contribution in [0.2, 0.25) is 0 Å². The average molecular weight is 172 g/mol. The van der Waals surface area contributed by atoms with Gasteiger partial charge in [-0.3, -0.25) is 0 Å². The fraction of sp³-hybridized carbons (Fsp3) is 0.100. The van der Waals surface area contributed by atoms with Crippen LogP contribution in [0, 0.1) is 19.3 Å². The second kappa shape index (κ2) is 2.53. The zero-order valence-electron chi connectivity index (χ0n) is 7.16. The zero-order valence-corrected chi connectivity index (χ0v) is 7.16. The SMILES string of the molecule is C#Cc1oc2nc(C)ccc2c1N. The molecule has 0 saturated heterocycles. The molecule has 0 radical (unpaired) electrons. The molecule has 3 nitrogen and oxygen atoms in total. The van der Waals surface area contributed by atoms with Crippen molar-refractivity contribution >= 4 is 16.8 Å². The number of nitrogens with zero attached hydrogens (tertiary/aromatic N) is 1. The second-order valence-corrected chi connectivity index (χ2v) is 2.79. The third-order valence-electron chi connectivity index (χ3n) is 1.86. The van der Waals surface area contributed by atoms with Crippen molar-refractivity contribution in [2.24, 2.45) is 0 Å². The van der Waals surface area contributed by atoms with Gasteiger partial charge in [0.15, 0.2) is 0 Å². The van der Waals surface area contributed by atoms with E-state index >= 15 is 0 Å². The lowest BCUT2D eigenvalue weighted by atomic mass is 10.2. The fourth-order valence-electron chi connectivity index (χ4n) is 1.20. The molecule has 0 bridgehead atoms. The number of aromatic nitrogens is 1.